The number of benzene rings is 1. The zero-order valence-electron chi connectivity index (χ0n) is 18.4. The molecule has 4 heterocycles. The average Bonchev–Trinajstić information content (AvgIpc) is 3.46. The maximum atomic E-state index is 13.5. The summed E-state index contributed by atoms with van der Waals surface area (Å²) in [6.07, 6.45) is 8.70. The van der Waals surface area contributed by atoms with Gasteiger partial charge in [-0.25, -0.2) is 29.4 Å². The molecule has 168 valence electrons. The number of hydrogen-bond donors (Lipinski definition) is 1. The van der Waals surface area contributed by atoms with E-state index in [1.165, 1.54) is 6.33 Å². The molecule has 0 spiro atoms. The molecule has 1 aliphatic rings. The van der Waals surface area contributed by atoms with Crippen molar-refractivity contribution < 1.29 is 4.21 Å². The summed E-state index contributed by atoms with van der Waals surface area (Å²) in [5.41, 5.74) is 2.88. The lowest BCUT2D eigenvalue weighted by Crippen LogP contribution is -2.65. The molecule has 2 atom stereocenters. The highest BCUT2D eigenvalue weighted by molar-refractivity contribution is 7.90. The number of aromatic amines is 1. The molecule has 3 aromatic heterocycles. The highest BCUT2D eigenvalue weighted by Gasteiger charge is 2.51. The zero-order valence-corrected chi connectivity index (χ0v) is 19.2. The molecule has 0 saturated carbocycles. The van der Waals surface area contributed by atoms with Crippen LogP contribution in [0.25, 0.3) is 27.1 Å². The predicted octanol–water partition coefficient (Wildman–Crippen LogP) is 3.53. The Morgan fingerprint density at radius 1 is 1.27 bits per heavy atom. The second kappa shape index (κ2) is 8.10. The van der Waals surface area contributed by atoms with Crippen LogP contribution in [0.15, 0.2) is 65.7 Å². The molecule has 1 fully saturated rings. The largest absolute Gasteiger partial charge is 0.346 e. The lowest BCUT2D eigenvalue weighted by molar-refractivity contribution is 0.0870. The first-order valence-electron chi connectivity index (χ1n) is 10.6. The molecule has 0 amide bonds. The molecule has 0 bridgehead atoms. The van der Waals surface area contributed by atoms with E-state index in [9.17, 15) is 4.21 Å². The van der Waals surface area contributed by atoms with Gasteiger partial charge in [0.15, 0.2) is 5.54 Å². The van der Waals surface area contributed by atoms with E-state index >= 15 is 0 Å². The third-order valence-electron chi connectivity index (χ3n) is 6.13. The van der Waals surface area contributed by atoms with Crippen molar-refractivity contribution in [2.75, 3.05) is 25.9 Å². The fourth-order valence-electron chi connectivity index (χ4n) is 4.27. The normalized spacial score (nSPS) is 18.2. The van der Waals surface area contributed by atoms with Crippen molar-refractivity contribution in [2.24, 2.45) is 4.36 Å². The zero-order chi connectivity index (χ0) is 23.1. The van der Waals surface area contributed by atoms with Crippen molar-refractivity contribution in [2.45, 2.75) is 18.5 Å². The van der Waals surface area contributed by atoms with E-state index in [4.69, 9.17) is 6.57 Å². The van der Waals surface area contributed by atoms with E-state index < -0.39 is 15.5 Å². The van der Waals surface area contributed by atoms with E-state index in [-0.39, 0.29) is 12.6 Å². The van der Waals surface area contributed by atoms with Crippen LogP contribution >= 0.6 is 0 Å². The Bertz CT molecular complexity index is 1450. The molecule has 10 heteroatoms. The SMILES string of the molecule is [C-]#[N+]CC1(n2cc(-c3ncnc4[nH]ccc34)cn2)CN(S(C)(=O)=NC(C)c2ccccc2)C1. The topological polar surface area (TPSA) is 96.4 Å². The van der Waals surface area contributed by atoms with Crippen LogP contribution < -0.4 is 0 Å². The fraction of sp³-hybridized carbons (Fsp3) is 0.304. The number of rotatable bonds is 6. The lowest BCUT2D eigenvalue weighted by Gasteiger charge is -2.46. The van der Waals surface area contributed by atoms with Gasteiger partial charge in [-0.15, -0.1) is 0 Å². The second-order valence-corrected chi connectivity index (χ2v) is 10.7. The van der Waals surface area contributed by atoms with E-state index in [0.717, 1.165) is 27.9 Å². The second-order valence-electron chi connectivity index (χ2n) is 8.43. The van der Waals surface area contributed by atoms with E-state index in [1.807, 2.05) is 64.7 Å². The maximum absolute atomic E-state index is 13.5. The summed E-state index contributed by atoms with van der Waals surface area (Å²) in [6.45, 7) is 10.6. The fourth-order valence-corrected chi connectivity index (χ4v) is 6.08. The van der Waals surface area contributed by atoms with Crippen LogP contribution in [-0.4, -0.2) is 59.1 Å². The summed E-state index contributed by atoms with van der Waals surface area (Å²) in [7, 11) is -2.60. The molecule has 0 radical (unpaired) electrons. The van der Waals surface area contributed by atoms with Gasteiger partial charge in [-0.2, -0.15) is 5.10 Å². The summed E-state index contributed by atoms with van der Waals surface area (Å²) >= 11 is 0. The molecule has 1 aliphatic heterocycles. The minimum absolute atomic E-state index is 0.183. The van der Waals surface area contributed by atoms with Crippen LogP contribution in [0.1, 0.15) is 18.5 Å². The van der Waals surface area contributed by atoms with Crippen molar-refractivity contribution >= 4 is 20.9 Å². The van der Waals surface area contributed by atoms with Gasteiger partial charge in [0.25, 0.3) is 0 Å². The van der Waals surface area contributed by atoms with E-state index in [2.05, 4.69) is 29.3 Å². The van der Waals surface area contributed by atoms with Crippen molar-refractivity contribution in [3.05, 3.63) is 78.3 Å². The van der Waals surface area contributed by atoms with Crippen LogP contribution in [0.4, 0.5) is 0 Å². The van der Waals surface area contributed by atoms with Gasteiger partial charge in [0.2, 0.25) is 6.54 Å². The molecule has 2 unspecified atom stereocenters. The van der Waals surface area contributed by atoms with Crippen LogP contribution in [0.2, 0.25) is 0 Å². The van der Waals surface area contributed by atoms with Gasteiger partial charge in [-0.05, 0) is 18.6 Å². The first kappa shape index (κ1) is 21.3. The van der Waals surface area contributed by atoms with Crippen LogP contribution in [-0.2, 0) is 15.5 Å². The highest BCUT2D eigenvalue weighted by Crippen LogP contribution is 2.35. The number of hydrogen-bond acceptors (Lipinski definition) is 5. The van der Waals surface area contributed by atoms with Gasteiger partial charge in [-0.3, -0.25) is 4.68 Å². The Balaban J connectivity index is 1.41. The monoisotopic (exact) mass is 460 g/mol. The molecule has 5 rings (SSSR count). The first-order chi connectivity index (χ1) is 15.9. The summed E-state index contributed by atoms with van der Waals surface area (Å²) in [5.74, 6) is 0. The van der Waals surface area contributed by atoms with Crippen molar-refractivity contribution in [1.82, 2.24) is 29.0 Å². The summed E-state index contributed by atoms with van der Waals surface area (Å²) < 4.78 is 21.8. The van der Waals surface area contributed by atoms with E-state index in [0.29, 0.717) is 13.1 Å². The Hall–Kier alpha value is -3.55. The Morgan fingerprint density at radius 3 is 2.82 bits per heavy atom. The van der Waals surface area contributed by atoms with Gasteiger partial charge in [0.1, 0.15) is 21.9 Å². The quantitative estimate of drug-likeness (QED) is 0.445. The predicted molar refractivity (Wildman–Crippen MR) is 127 cm³/mol. The molecule has 4 aromatic rings. The molecular formula is C23H24N8OS. The maximum Gasteiger partial charge on any atom is 0.242 e. The van der Waals surface area contributed by atoms with Crippen molar-refractivity contribution in [1.29, 1.82) is 0 Å². The standard InChI is InChI=1S/C23H24N8OS/c1-17(18-7-5-4-6-8-18)29-33(3,32)30-14-23(15-30,13-24-2)31-12-19(11-28-31)21-20-9-10-25-22(20)27-16-26-21/h4-12,16-17H,13-15H2,1,3H3,(H,25,26,27). The highest BCUT2D eigenvalue weighted by atomic mass is 32.2. The number of H-pyrrole nitrogens is 1. The number of fused-ring (bicyclic) bond motifs is 1. The summed E-state index contributed by atoms with van der Waals surface area (Å²) in [6, 6.07) is 11.6. The molecular weight excluding hydrogens is 436 g/mol. The van der Waals surface area contributed by atoms with Crippen molar-refractivity contribution in [3.63, 3.8) is 0 Å². The third kappa shape index (κ3) is 3.79. The van der Waals surface area contributed by atoms with Crippen LogP contribution in [0.3, 0.4) is 0 Å². The summed E-state index contributed by atoms with van der Waals surface area (Å²) in [4.78, 5) is 15.4. The lowest BCUT2D eigenvalue weighted by atomic mass is 9.92. The van der Waals surface area contributed by atoms with Gasteiger partial charge in [0.05, 0.1) is 17.9 Å². The van der Waals surface area contributed by atoms with Crippen LogP contribution in [0, 0.1) is 6.57 Å². The van der Waals surface area contributed by atoms with E-state index in [1.54, 1.807) is 12.5 Å². The molecule has 1 N–H and O–H groups in total. The minimum Gasteiger partial charge on any atom is -0.346 e. The number of nitrogens with zero attached hydrogens (tertiary/aromatic N) is 7. The molecule has 1 saturated heterocycles. The molecule has 1 aromatic carbocycles. The number of nitrogens with one attached hydrogen (secondary N) is 1. The Labute approximate surface area is 192 Å². The van der Waals surface area contributed by atoms with Gasteiger partial charge >= 0.3 is 0 Å². The average molecular weight is 461 g/mol. The van der Waals surface area contributed by atoms with Crippen molar-refractivity contribution in [3.8, 4) is 11.3 Å². The third-order valence-corrected chi connectivity index (χ3v) is 8.05. The van der Waals surface area contributed by atoms with Gasteiger partial charge in [-0.1, -0.05) is 30.3 Å². The Kier molecular flexibility index (Phi) is 5.23. The van der Waals surface area contributed by atoms with Gasteiger partial charge in [0, 0.05) is 42.7 Å². The van der Waals surface area contributed by atoms with Crippen LogP contribution in [0.5, 0.6) is 0 Å². The summed E-state index contributed by atoms with van der Waals surface area (Å²) in [5, 5.41) is 5.49. The molecule has 33 heavy (non-hydrogen) atoms. The Morgan fingerprint density at radius 2 is 2.06 bits per heavy atom. The minimum atomic E-state index is -2.60. The first-order valence-corrected chi connectivity index (χ1v) is 12.5. The molecule has 0 aliphatic carbocycles. The van der Waals surface area contributed by atoms with Gasteiger partial charge < -0.3 is 9.83 Å². The smallest absolute Gasteiger partial charge is 0.242 e. The number of aromatic nitrogens is 5. The molecule has 9 nitrogen and oxygen atoms in total.